The number of benzene rings is 1. The molecule has 1 aromatic carbocycles. The second-order valence-electron chi connectivity index (χ2n) is 5.78. The van der Waals surface area contributed by atoms with Gasteiger partial charge in [-0.1, -0.05) is 22.9 Å². The molecule has 1 aromatic rings. The highest BCUT2D eigenvalue weighted by Gasteiger charge is 2.36. The van der Waals surface area contributed by atoms with Gasteiger partial charge >= 0.3 is 0 Å². The molecular weight excluding hydrogens is 354 g/mol. The van der Waals surface area contributed by atoms with Crippen LogP contribution in [0.3, 0.4) is 0 Å². The van der Waals surface area contributed by atoms with Gasteiger partial charge in [0.05, 0.1) is 18.1 Å². The average molecular weight is 374 g/mol. The highest BCUT2D eigenvalue weighted by Crippen LogP contribution is 2.41. The van der Waals surface area contributed by atoms with Crippen LogP contribution in [0, 0.1) is 5.92 Å². The lowest BCUT2D eigenvalue weighted by Gasteiger charge is -2.26. The number of fused-ring (bicyclic) bond motifs is 1. The number of hydrogen-bond donors (Lipinski definition) is 1. The molecule has 2 heterocycles. The summed E-state index contributed by atoms with van der Waals surface area (Å²) >= 11 is 3.56. The highest BCUT2D eigenvalue weighted by atomic mass is 79.9. The fourth-order valence-electron chi connectivity index (χ4n) is 3.37. The average Bonchev–Trinajstić information content (AvgIpc) is 3.01. The molecule has 3 rings (SSSR count). The Hall–Kier alpha value is -0.590. The van der Waals surface area contributed by atoms with Crippen LogP contribution in [0.15, 0.2) is 16.6 Å². The van der Waals surface area contributed by atoms with Crippen LogP contribution in [0.2, 0.25) is 0 Å². The first-order valence-electron chi connectivity index (χ1n) is 7.39. The van der Waals surface area contributed by atoms with Gasteiger partial charge in [0.1, 0.15) is 5.75 Å². The molecule has 0 bridgehead atoms. The van der Waals surface area contributed by atoms with E-state index in [1.807, 2.05) is 0 Å². The van der Waals surface area contributed by atoms with E-state index in [2.05, 4.69) is 40.3 Å². The van der Waals surface area contributed by atoms with Crippen molar-refractivity contribution in [3.63, 3.8) is 0 Å². The lowest BCUT2D eigenvalue weighted by Crippen LogP contribution is -2.29. The highest BCUT2D eigenvalue weighted by molar-refractivity contribution is 9.10. The minimum atomic E-state index is -2.88. The number of hydrogen-bond acceptors (Lipinski definition) is 4. The molecule has 21 heavy (non-hydrogen) atoms. The van der Waals surface area contributed by atoms with Gasteiger partial charge in [0.2, 0.25) is 0 Å². The molecule has 4 nitrogen and oxygen atoms in total. The van der Waals surface area contributed by atoms with E-state index < -0.39 is 9.84 Å². The molecule has 2 unspecified atom stereocenters. The van der Waals surface area contributed by atoms with Crippen LogP contribution < -0.4 is 10.1 Å². The van der Waals surface area contributed by atoms with Gasteiger partial charge in [-0.3, -0.25) is 0 Å². The van der Waals surface area contributed by atoms with Gasteiger partial charge in [-0.25, -0.2) is 8.42 Å². The number of halogens is 1. The van der Waals surface area contributed by atoms with Crippen LogP contribution in [-0.4, -0.2) is 33.1 Å². The molecule has 0 radical (unpaired) electrons. The van der Waals surface area contributed by atoms with Crippen LogP contribution in [-0.2, 0) is 16.3 Å². The largest absolute Gasteiger partial charge is 0.493 e. The van der Waals surface area contributed by atoms with Crippen LogP contribution >= 0.6 is 15.9 Å². The third kappa shape index (κ3) is 3.12. The van der Waals surface area contributed by atoms with E-state index in [1.54, 1.807) is 0 Å². The summed E-state index contributed by atoms with van der Waals surface area (Å²) in [5, 5.41) is 3.47. The summed E-state index contributed by atoms with van der Waals surface area (Å²) in [6.07, 6.45) is 1.64. The summed E-state index contributed by atoms with van der Waals surface area (Å²) in [5.74, 6) is 1.65. The zero-order valence-electron chi connectivity index (χ0n) is 12.1. The second-order valence-corrected chi connectivity index (χ2v) is 8.92. The fraction of sp³-hybridized carbons (Fsp3) is 0.600. The first kappa shape index (κ1) is 15.3. The summed E-state index contributed by atoms with van der Waals surface area (Å²) in [7, 11) is -2.88. The topological polar surface area (TPSA) is 55.4 Å². The Morgan fingerprint density at radius 1 is 1.48 bits per heavy atom. The van der Waals surface area contributed by atoms with Crippen molar-refractivity contribution in [2.24, 2.45) is 5.92 Å². The Morgan fingerprint density at radius 3 is 2.95 bits per heavy atom. The Labute approximate surface area is 134 Å². The van der Waals surface area contributed by atoms with Crippen molar-refractivity contribution < 1.29 is 13.2 Å². The molecule has 1 fully saturated rings. The molecule has 0 aromatic heterocycles. The first-order valence-corrected chi connectivity index (χ1v) is 10.0. The van der Waals surface area contributed by atoms with Gasteiger partial charge in [-0.2, -0.15) is 0 Å². The van der Waals surface area contributed by atoms with Gasteiger partial charge in [-0.15, -0.1) is 0 Å². The lowest BCUT2D eigenvalue weighted by atomic mass is 9.90. The molecule has 2 atom stereocenters. The smallest absolute Gasteiger partial charge is 0.150 e. The Bertz CT molecular complexity index is 645. The zero-order valence-corrected chi connectivity index (χ0v) is 14.5. The normalized spacial score (nSPS) is 24.6. The Kier molecular flexibility index (Phi) is 4.30. The maximum absolute atomic E-state index is 11.8. The van der Waals surface area contributed by atoms with Crippen molar-refractivity contribution in [2.45, 2.75) is 25.8 Å². The van der Waals surface area contributed by atoms with Crippen molar-refractivity contribution in [1.29, 1.82) is 0 Å². The molecule has 0 spiro atoms. The molecule has 1 N–H and O–H groups in total. The van der Waals surface area contributed by atoms with Crippen molar-refractivity contribution in [3.8, 4) is 5.75 Å². The van der Waals surface area contributed by atoms with Crippen molar-refractivity contribution in [1.82, 2.24) is 5.32 Å². The first-order chi connectivity index (χ1) is 10.00. The Balaban J connectivity index is 1.98. The van der Waals surface area contributed by atoms with Crippen LogP contribution in [0.25, 0.3) is 0 Å². The predicted molar refractivity (Wildman–Crippen MR) is 86.5 cm³/mol. The van der Waals surface area contributed by atoms with E-state index in [1.165, 1.54) is 5.56 Å². The SMILES string of the molecule is CCNC(c1cc(Br)cc2c1OCC2)C1CCS(=O)(=O)C1. The minimum absolute atomic E-state index is 0.0385. The lowest BCUT2D eigenvalue weighted by molar-refractivity contribution is 0.335. The van der Waals surface area contributed by atoms with Crippen LogP contribution in [0.4, 0.5) is 0 Å². The number of ether oxygens (including phenoxy) is 1. The molecule has 0 amide bonds. The van der Waals surface area contributed by atoms with Gasteiger partial charge < -0.3 is 10.1 Å². The Morgan fingerprint density at radius 2 is 2.29 bits per heavy atom. The molecule has 0 saturated carbocycles. The van der Waals surface area contributed by atoms with E-state index in [9.17, 15) is 8.42 Å². The number of sulfone groups is 1. The predicted octanol–water partition coefficient (Wildman–Crippen LogP) is 2.47. The standard InChI is InChI=1S/C15H20BrNO3S/c1-2-17-14(11-4-6-21(18,19)9-11)13-8-12(16)7-10-3-5-20-15(10)13/h7-8,11,14,17H,2-6,9H2,1H3. The molecule has 2 aliphatic rings. The van der Waals surface area contributed by atoms with Gasteiger partial charge in [0.15, 0.2) is 9.84 Å². The summed E-state index contributed by atoms with van der Waals surface area (Å²) in [5.41, 5.74) is 2.31. The van der Waals surface area contributed by atoms with E-state index in [-0.39, 0.29) is 17.7 Å². The van der Waals surface area contributed by atoms with Crippen molar-refractivity contribution in [2.75, 3.05) is 24.7 Å². The van der Waals surface area contributed by atoms with E-state index in [0.717, 1.165) is 35.2 Å². The molecule has 116 valence electrons. The van der Waals surface area contributed by atoms with E-state index >= 15 is 0 Å². The summed E-state index contributed by atoms with van der Waals surface area (Å²) in [4.78, 5) is 0. The van der Waals surface area contributed by atoms with Gasteiger partial charge in [0.25, 0.3) is 0 Å². The van der Waals surface area contributed by atoms with Crippen LogP contribution in [0.1, 0.15) is 30.5 Å². The fourth-order valence-corrected chi connectivity index (χ4v) is 5.73. The maximum atomic E-state index is 11.8. The second kappa shape index (κ2) is 5.89. The maximum Gasteiger partial charge on any atom is 0.150 e. The number of nitrogens with one attached hydrogen (secondary N) is 1. The molecular formula is C15H20BrNO3S. The van der Waals surface area contributed by atoms with E-state index in [0.29, 0.717) is 12.4 Å². The molecule has 6 heteroatoms. The molecule has 2 aliphatic heterocycles. The van der Waals surface area contributed by atoms with E-state index in [4.69, 9.17) is 4.74 Å². The summed E-state index contributed by atoms with van der Waals surface area (Å²) in [6, 6.07) is 4.21. The molecule has 0 aliphatic carbocycles. The summed E-state index contributed by atoms with van der Waals surface area (Å²) < 4.78 is 30.5. The third-order valence-electron chi connectivity index (χ3n) is 4.28. The van der Waals surface area contributed by atoms with Crippen molar-refractivity contribution in [3.05, 3.63) is 27.7 Å². The monoisotopic (exact) mass is 373 g/mol. The van der Waals surface area contributed by atoms with Crippen molar-refractivity contribution >= 4 is 25.8 Å². The van der Waals surface area contributed by atoms with Gasteiger partial charge in [0, 0.05) is 22.5 Å². The summed E-state index contributed by atoms with van der Waals surface area (Å²) in [6.45, 7) is 3.57. The molecule has 1 saturated heterocycles. The quantitative estimate of drug-likeness (QED) is 0.880. The van der Waals surface area contributed by atoms with Gasteiger partial charge in [-0.05, 0) is 36.6 Å². The minimum Gasteiger partial charge on any atom is -0.493 e. The zero-order chi connectivity index (χ0) is 15.0. The van der Waals surface area contributed by atoms with Crippen LogP contribution in [0.5, 0.6) is 5.75 Å². The third-order valence-corrected chi connectivity index (χ3v) is 6.53. The number of rotatable bonds is 4.